The van der Waals surface area contributed by atoms with Crippen molar-refractivity contribution in [3.63, 3.8) is 0 Å². The number of ketones is 1. The minimum Gasteiger partial charge on any atom is -0.458 e. The standard InChI is InChI=1S/C27H36O7/c1-16(28)32-15-24(31)27(34-18(3)30)13-10-23-21-7-6-19-14-20(33-17(2)29)8-11-25(19,4)22(21)9-12-26(23,27)5/h6,14,21-23H,7-13,15H2,1-5H3/t21-,22+,23+,25+,26+,27+/m1/s1. The van der Waals surface area contributed by atoms with Crippen LogP contribution >= 0.6 is 0 Å². The summed E-state index contributed by atoms with van der Waals surface area (Å²) in [6.45, 7) is 8.09. The molecule has 0 radical (unpaired) electrons. The number of esters is 3. The molecule has 2 fully saturated rings. The van der Waals surface area contributed by atoms with Crippen LogP contribution < -0.4 is 0 Å². The first-order valence-corrected chi connectivity index (χ1v) is 12.4. The van der Waals surface area contributed by atoms with Gasteiger partial charge in [-0.15, -0.1) is 0 Å². The van der Waals surface area contributed by atoms with Crippen molar-refractivity contribution in [2.45, 2.75) is 85.2 Å². The number of ether oxygens (including phenoxy) is 3. The summed E-state index contributed by atoms with van der Waals surface area (Å²) >= 11 is 0. The molecule has 0 aromatic carbocycles. The molecule has 7 nitrogen and oxygen atoms in total. The molecular formula is C27H36O7. The smallest absolute Gasteiger partial charge is 0.307 e. The number of carbonyl (C=O) groups is 4. The van der Waals surface area contributed by atoms with Crippen LogP contribution in [0.2, 0.25) is 0 Å². The number of carbonyl (C=O) groups excluding carboxylic acids is 4. The summed E-state index contributed by atoms with van der Waals surface area (Å²) in [4.78, 5) is 48.4. The molecule has 0 aromatic heterocycles. The monoisotopic (exact) mass is 472 g/mol. The van der Waals surface area contributed by atoms with Gasteiger partial charge in [0.15, 0.2) is 12.2 Å². The number of fused-ring (bicyclic) bond motifs is 5. The topological polar surface area (TPSA) is 96.0 Å². The summed E-state index contributed by atoms with van der Waals surface area (Å²) in [7, 11) is 0. The summed E-state index contributed by atoms with van der Waals surface area (Å²) in [5.41, 5.74) is -0.534. The highest BCUT2D eigenvalue weighted by Crippen LogP contribution is 2.67. The predicted molar refractivity (Wildman–Crippen MR) is 123 cm³/mol. The fourth-order valence-corrected chi connectivity index (χ4v) is 7.77. The van der Waals surface area contributed by atoms with E-state index in [1.165, 1.54) is 26.3 Å². The van der Waals surface area contributed by atoms with Gasteiger partial charge in [0, 0.05) is 32.6 Å². The van der Waals surface area contributed by atoms with E-state index in [0.717, 1.165) is 44.3 Å². The summed E-state index contributed by atoms with van der Waals surface area (Å²) in [6, 6.07) is 0. The molecule has 34 heavy (non-hydrogen) atoms. The highest BCUT2D eigenvalue weighted by Gasteiger charge is 2.68. The molecule has 0 unspecified atom stereocenters. The lowest BCUT2D eigenvalue weighted by Crippen LogP contribution is -2.59. The molecule has 0 saturated heterocycles. The number of hydrogen-bond acceptors (Lipinski definition) is 7. The van der Waals surface area contributed by atoms with Gasteiger partial charge in [-0.2, -0.15) is 0 Å². The maximum Gasteiger partial charge on any atom is 0.307 e. The molecule has 6 atom stereocenters. The second kappa shape index (κ2) is 8.65. The third-order valence-electron chi connectivity index (χ3n) is 9.30. The first-order chi connectivity index (χ1) is 15.9. The Kier molecular flexibility index (Phi) is 6.28. The second-order valence-electron chi connectivity index (χ2n) is 11.0. The van der Waals surface area contributed by atoms with Crippen molar-refractivity contribution >= 4 is 23.7 Å². The van der Waals surface area contributed by atoms with E-state index in [2.05, 4.69) is 26.0 Å². The van der Waals surface area contributed by atoms with Gasteiger partial charge >= 0.3 is 17.9 Å². The van der Waals surface area contributed by atoms with Crippen LogP contribution in [0.1, 0.15) is 79.6 Å². The zero-order valence-electron chi connectivity index (χ0n) is 20.9. The highest BCUT2D eigenvalue weighted by molar-refractivity contribution is 5.93. The highest BCUT2D eigenvalue weighted by atomic mass is 16.6. The van der Waals surface area contributed by atoms with Crippen molar-refractivity contribution < 1.29 is 33.4 Å². The minimum atomic E-state index is -1.26. The van der Waals surface area contributed by atoms with Crippen molar-refractivity contribution in [3.8, 4) is 0 Å². The molecule has 0 amide bonds. The van der Waals surface area contributed by atoms with E-state index < -0.39 is 23.0 Å². The number of allylic oxidation sites excluding steroid dienone is 4. The average molecular weight is 473 g/mol. The van der Waals surface area contributed by atoms with Crippen LogP contribution in [0.25, 0.3) is 0 Å². The van der Waals surface area contributed by atoms with E-state index in [9.17, 15) is 19.2 Å². The predicted octanol–water partition coefficient (Wildman–Crippen LogP) is 4.44. The van der Waals surface area contributed by atoms with Gasteiger partial charge in [-0.3, -0.25) is 19.2 Å². The maximum absolute atomic E-state index is 13.4. The molecule has 0 spiro atoms. The molecule has 4 rings (SSSR count). The lowest BCUT2D eigenvalue weighted by Gasteiger charge is -2.58. The van der Waals surface area contributed by atoms with E-state index in [1.807, 2.05) is 0 Å². The SMILES string of the molecule is CC(=O)OCC(=O)[C@@]1(OC(C)=O)CC[C@H]2[C@@H]3CC=C4C=C(OC(C)=O)CC[C@]4(C)[C@H]3CC[C@@]21C. The summed E-state index contributed by atoms with van der Waals surface area (Å²) in [6.07, 6.45) is 9.81. The van der Waals surface area contributed by atoms with E-state index in [1.54, 1.807) is 0 Å². The minimum absolute atomic E-state index is 0.0116. The molecule has 4 aliphatic rings. The van der Waals surface area contributed by atoms with Gasteiger partial charge in [-0.05, 0) is 73.3 Å². The molecule has 0 bridgehead atoms. The van der Waals surface area contributed by atoms with Gasteiger partial charge < -0.3 is 14.2 Å². The van der Waals surface area contributed by atoms with Crippen molar-refractivity contribution in [3.05, 3.63) is 23.5 Å². The van der Waals surface area contributed by atoms with Crippen LogP contribution in [-0.2, 0) is 33.4 Å². The van der Waals surface area contributed by atoms with E-state index in [-0.39, 0.29) is 29.7 Å². The molecule has 0 aromatic rings. The summed E-state index contributed by atoms with van der Waals surface area (Å²) < 4.78 is 16.3. The average Bonchev–Trinajstić information content (AvgIpc) is 3.04. The Morgan fingerprint density at radius 3 is 2.29 bits per heavy atom. The Morgan fingerprint density at radius 2 is 1.65 bits per heavy atom. The van der Waals surface area contributed by atoms with Crippen molar-refractivity contribution in [2.75, 3.05) is 6.61 Å². The quantitative estimate of drug-likeness (QED) is 0.431. The second-order valence-corrected chi connectivity index (χ2v) is 11.0. The van der Waals surface area contributed by atoms with Gasteiger partial charge in [-0.1, -0.05) is 19.9 Å². The molecular weight excluding hydrogens is 436 g/mol. The molecule has 186 valence electrons. The van der Waals surface area contributed by atoms with Crippen LogP contribution in [0.3, 0.4) is 0 Å². The van der Waals surface area contributed by atoms with Gasteiger partial charge in [0.05, 0.1) is 0 Å². The zero-order valence-corrected chi connectivity index (χ0v) is 20.9. The van der Waals surface area contributed by atoms with Gasteiger partial charge in [0.25, 0.3) is 0 Å². The fourth-order valence-electron chi connectivity index (χ4n) is 7.77. The van der Waals surface area contributed by atoms with Crippen LogP contribution in [0.4, 0.5) is 0 Å². The number of rotatable bonds is 5. The summed E-state index contributed by atoms with van der Waals surface area (Å²) in [5.74, 6) is 0.170. The Hall–Kier alpha value is -2.44. The van der Waals surface area contributed by atoms with Gasteiger partial charge in [0.2, 0.25) is 5.78 Å². The maximum atomic E-state index is 13.4. The van der Waals surface area contributed by atoms with E-state index in [4.69, 9.17) is 14.2 Å². The first kappa shape index (κ1) is 24.7. The Labute approximate surface area is 201 Å². The molecule has 2 saturated carbocycles. The van der Waals surface area contributed by atoms with Gasteiger partial charge in [-0.25, -0.2) is 0 Å². The Balaban J connectivity index is 1.65. The van der Waals surface area contributed by atoms with Crippen molar-refractivity contribution in [2.24, 2.45) is 28.6 Å². The third kappa shape index (κ3) is 3.81. The lowest BCUT2D eigenvalue weighted by atomic mass is 9.47. The van der Waals surface area contributed by atoms with Crippen LogP contribution in [0.15, 0.2) is 23.5 Å². The number of hydrogen-bond donors (Lipinski definition) is 0. The number of Topliss-reactive ketones (excluding diaryl/α,β-unsaturated/α-hetero) is 1. The van der Waals surface area contributed by atoms with Crippen molar-refractivity contribution in [1.29, 1.82) is 0 Å². The lowest BCUT2D eigenvalue weighted by molar-refractivity contribution is -0.190. The molecule has 7 heteroatoms. The largest absolute Gasteiger partial charge is 0.458 e. The Morgan fingerprint density at radius 1 is 0.941 bits per heavy atom. The van der Waals surface area contributed by atoms with Crippen molar-refractivity contribution in [1.82, 2.24) is 0 Å². The van der Waals surface area contributed by atoms with Gasteiger partial charge in [0.1, 0.15) is 5.76 Å². The molecule has 0 N–H and O–H groups in total. The summed E-state index contributed by atoms with van der Waals surface area (Å²) in [5, 5.41) is 0. The van der Waals surface area contributed by atoms with E-state index >= 15 is 0 Å². The van der Waals surface area contributed by atoms with Crippen LogP contribution in [-0.4, -0.2) is 35.9 Å². The Bertz CT molecular complexity index is 977. The first-order valence-electron chi connectivity index (χ1n) is 12.4. The molecule has 0 heterocycles. The van der Waals surface area contributed by atoms with E-state index in [0.29, 0.717) is 18.3 Å². The third-order valence-corrected chi connectivity index (χ3v) is 9.30. The fraction of sp³-hybridized carbons (Fsp3) is 0.704. The molecule has 4 aliphatic carbocycles. The van der Waals surface area contributed by atoms with Crippen LogP contribution in [0.5, 0.6) is 0 Å². The zero-order chi connectivity index (χ0) is 24.9. The van der Waals surface area contributed by atoms with Crippen LogP contribution in [0, 0.1) is 28.6 Å². The molecule has 0 aliphatic heterocycles. The normalized spacial score (nSPS) is 38.3.